The summed E-state index contributed by atoms with van der Waals surface area (Å²) < 4.78 is 7.43. The summed E-state index contributed by atoms with van der Waals surface area (Å²) in [6.07, 6.45) is 0. The normalized spacial score (nSPS) is 10.4. The number of nitriles is 1. The second kappa shape index (κ2) is 7.76. The third kappa shape index (κ3) is 4.31. The van der Waals surface area contributed by atoms with E-state index in [1.807, 2.05) is 23.6 Å². The van der Waals surface area contributed by atoms with Crippen molar-refractivity contribution in [1.29, 1.82) is 5.26 Å². The molecule has 0 saturated carbocycles. The number of ether oxygens (including phenoxy) is 1. The lowest BCUT2D eigenvalue weighted by Crippen LogP contribution is -2.05. The molecular weight excluding hydrogens is 330 g/mol. The molecule has 0 aliphatic rings. The number of rotatable bonds is 7. The molecule has 2 aromatic heterocycles. The highest BCUT2D eigenvalue weighted by molar-refractivity contribution is 7.99. The first-order valence-electron chi connectivity index (χ1n) is 6.89. The maximum Gasteiger partial charge on any atom is 0.209 e. The lowest BCUT2D eigenvalue weighted by Gasteiger charge is -2.06. The maximum atomic E-state index is 8.86. The molecule has 0 fully saturated rings. The van der Waals surface area contributed by atoms with Crippen LogP contribution in [0.15, 0.2) is 46.9 Å². The number of aromatic nitrogens is 4. The number of nitrogens with zero attached hydrogens (tertiary/aromatic N) is 5. The molecule has 0 unspecified atom stereocenters. The van der Waals surface area contributed by atoms with Gasteiger partial charge in [0.25, 0.3) is 0 Å². The molecule has 0 radical (unpaired) electrons. The average Bonchev–Trinajstić information content (AvgIpc) is 3.24. The van der Waals surface area contributed by atoms with Gasteiger partial charge in [-0.1, -0.05) is 23.9 Å². The first-order chi connectivity index (χ1) is 11.3. The van der Waals surface area contributed by atoms with Gasteiger partial charge in [-0.15, -0.1) is 16.4 Å². The Labute approximate surface area is 141 Å². The summed E-state index contributed by atoms with van der Waals surface area (Å²) in [5.74, 6) is 1.42. The molecule has 3 aromatic rings. The van der Waals surface area contributed by atoms with E-state index < -0.39 is 0 Å². The summed E-state index contributed by atoms with van der Waals surface area (Å²) in [5.41, 5.74) is 0.593. The average molecular weight is 343 g/mol. The van der Waals surface area contributed by atoms with Crippen LogP contribution >= 0.6 is 23.1 Å². The van der Waals surface area contributed by atoms with Gasteiger partial charge in [0.2, 0.25) is 5.16 Å². The minimum absolute atomic E-state index is 0.519. The van der Waals surface area contributed by atoms with Gasteiger partial charge in [-0.2, -0.15) is 5.26 Å². The van der Waals surface area contributed by atoms with Gasteiger partial charge in [0.05, 0.1) is 24.8 Å². The quantitative estimate of drug-likeness (QED) is 0.485. The Morgan fingerprint density at radius 1 is 1.30 bits per heavy atom. The van der Waals surface area contributed by atoms with E-state index in [2.05, 4.69) is 27.7 Å². The molecule has 0 atom stereocenters. The second-order valence-corrected chi connectivity index (χ2v) is 6.63. The van der Waals surface area contributed by atoms with Crippen LogP contribution in [0.25, 0.3) is 0 Å². The van der Waals surface area contributed by atoms with Gasteiger partial charge >= 0.3 is 0 Å². The number of thiophene rings is 1. The van der Waals surface area contributed by atoms with Crippen molar-refractivity contribution in [3.05, 3.63) is 52.2 Å². The number of thioether (sulfide) groups is 1. The van der Waals surface area contributed by atoms with Crippen molar-refractivity contribution in [3.8, 4) is 11.8 Å². The molecule has 3 rings (SSSR count). The molecule has 0 aliphatic heterocycles. The Hall–Kier alpha value is -2.37. The summed E-state index contributed by atoms with van der Waals surface area (Å²) in [5, 5.41) is 23.5. The van der Waals surface area contributed by atoms with Crippen molar-refractivity contribution in [2.75, 3.05) is 12.4 Å². The van der Waals surface area contributed by atoms with Crippen molar-refractivity contribution >= 4 is 23.1 Å². The van der Waals surface area contributed by atoms with E-state index in [-0.39, 0.29) is 0 Å². The van der Waals surface area contributed by atoms with Crippen molar-refractivity contribution in [2.24, 2.45) is 0 Å². The Kier molecular flexibility index (Phi) is 5.24. The molecule has 0 amide bonds. The molecule has 8 heteroatoms. The summed E-state index contributed by atoms with van der Waals surface area (Å²) in [6.45, 7) is 1.20. The van der Waals surface area contributed by atoms with Gasteiger partial charge in [0, 0.05) is 10.6 Å². The second-order valence-electron chi connectivity index (χ2n) is 4.54. The molecule has 116 valence electrons. The molecule has 2 heterocycles. The van der Waals surface area contributed by atoms with E-state index >= 15 is 0 Å². The van der Waals surface area contributed by atoms with Crippen LogP contribution in [0.3, 0.4) is 0 Å². The Balaban J connectivity index is 1.49. The molecule has 6 nitrogen and oxygen atoms in total. The van der Waals surface area contributed by atoms with E-state index in [0.717, 1.165) is 10.9 Å². The summed E-state index contributed by atoms with van der Waals surface area (Å²) in [6, 6.07) is 13.3. The van der Waals surface area contributed by atoms with Crippen LogP contribution in [-0.2, 0) is 6.54 Å². The third-order valence-corrected chi connectivity index (χ3v) is 4.71. The zero-order valence-corrected chi connectivity index (χ0v) is 13.8. The van der Waals surface area contributed by atoms with Crippen LogP contribution in [0.1, 0.15) is 10.4 Å². The number of benzene rings is 1. The highest BCUT2D eigenvalue weighted by Gasteiger charge is 2.08. The predicted molar refractivity (Wildman–Crippen MR) is 88.6 cm³/mol. The van der Waals surface area contributed by atoms with Gasteiger partial charge in [0.15, 0.2) is 0 Å². The molecule has 0 aliphatic carbocycles. The van der Waals surface area contributed by atoms with Crippen LogP contribution < -0.4 is 4.74 Å². The number of hydrogen-bond donors (Lipinski definition) is 0. The molecule has 23 heavy (non-hydrogen) atoms. The fourth-order valence-electron chi connectivity index (χ4n) is 1.90. The minimum atomic E-state index is 0.519. The lowest BCUT2D eigenvalue weighted by molar-refractivity contribution is 0.343. The smallest absolute Gasteiger partial charge is 0.209 e. The van der Waals surface area contributed by atoms with Crippen molar-refractivity contribution in [3.63, 3.8) is 0 Å². The standard InChI is InChI=1S/C15H13N5OS2/c16-10-12-3-1-4-13(9-12)21-6-8-23-15-17-18-19-20(15)11-14-5-2-7-22-14/h1-5,7,9H,6,8,11H2. The first-order valence-corrected chi connectivity index (χ1v) is 8.76. The Morgan fingerprint density at radius 2 is 2.26 bits per heavy atom. The highest BCUT2D eigenvalue weighted by atomic mass is 32.2. The van der Waals surface area contributed by atoms with Gasteiger partial charge in [-0.25, -0.2) is 4.68 Å². The van der Waals surface area contributed by atoms with Gasteiger partial charge in [-0.3, -0.25) is 0 Å². The van der Waals surface area contributed by atoms with Crippen LogP contribution in [0.2, 0.25) is 0 Å². The number of tetrazole rings is 1. The van der Waals surface area contributed by atoms with Crippen LogP contribution in [-0.4, -0.2) is 32.6 Å². The molecule has 1 aromatic carbocycles. The van der Waals surface area contributed by atoms with Gasteiger partial charge in [0.1, 0.15) is 5.75 Å². The topological polar surface area (TPSA) is 76.6 Å². The minimum Gasteiger partial charge on any atom is -0.493 e. The SMILES string of the molecule is N#Cc1cccc(OCCSc2nnnn2Cc2cccs2)c1. The molecule has 0 saturated heterocycles. The predicted octanol–water partition coefficient (Wildman–Crippen LogP) is 2.83. The number of hydrogen-bond acceptors (Lipinski definition) is 7. The summed E-state index contributed by atoms with van der Waals surface area (Å²) in [7, 11) is 0. The van der Waals surface area contributed by atoms with E-state index in [9.17, 15) is 0 Å². The van der Waals surface area contributed by atoms with Crippen molar-refractivity contribution in [1.82, 2.24) is 20.2 Å². The summed E-state index contributed by atoms with van der Waals surface area (Å²) >= 11 is 3.23. The van der Waals surface area contributed by atoms with E-state index in [1.54, 1.807) is 39.9 Å². The molecule has 0 spiro atoms. The summed E-state index contributed by atoms with van der Waals surface area (Å²) in [4.78, 5) is 1.21. The fraction of sp³-hybridized carbons (Fsp3) is 0.200. The molecular formula is C15H13N5OS2. The maximum absolute atomic E-state index is 8.86. The zero-order valence-electron chi connectivity index (χ0n) is 12.1. The lowest BCUT2D eigenvalue weighted by atomic mass is 10.2. The van der Waals surface area contributed by atoms with Crippen LogP contribution in [0, 0.1) is 11.3 Å². The largest absolute Gasteiger partial charge is 0.493 e. The monoisotopic (exact) mass is 343 g/mol. The van der Waals surface area contributed by atoms with Crippen LogP contribution in [0.4, 0.5) is 0 Å². The zero-order chi connectivity index (χ0) is 15.9. The fourth-order valence-corrected chi connectivity index (χ4v) is 3.28. The molecule has 0 N–H and O–H groups in total. The van der Waals surface area contributed by atoms with Gasteiger partial charge in [-0.05, 0) is 40.1 Å². The third-order valence-electron chi connectivity index (χ3n) is 2.93. The van der Waals surface area contributed by atoms with Crippen LogP contribution in [0.5, 0.6) is 5.75 Å². The van der Waals surface area contributed by atoms with E-state index in [0.29, 0.717) is 24.5 Å². The first kappa shape index (κ1) is 15.5. The highest BCUT2D eigenvalue weighted by Crippen LogP contribution is 2.18. The van der Waals surface area contributed by atoms with E-state index in [1.165, 1.54) is 4.88 Å². The van der Waals surface area contributed by atoms with Crippen molar-refractivity contribution in [2.45, 2.75) is 11.7 Å². The Morgan fingerprint density at radius 3 is 3.09 bits per heavy atom. The Bertz CT molecular complexity index is 794. The van der Waals surface area contributed by atoms with Gasteiger partial charge < -0.3 is 4.74 Å². The molecule has 0 bridgehead atoms. The van der Waals surface area contributed by atoms with E-state index in [4.69, 9.17) is 10.00 Å². The van der Waals surface area contributed by atoms with Crippen molar-refractivity contribution < 1.29 is 4.74 Å².